The van der Waals surface area contributed by atoms with Crippen LogP contribution in [0.25, 0.3) is 0 Å². The Morgan fingerprint density at radius 3 is 1.88 bits per heavy atom. The van der Waals surface area contributed by atoms with Gasteiger partial charge in [0.05, 0.1) is 12.7 Å². The van der Waals surface area contributed by atoms with Crippen molar-refractivity contribution in [3.63, 3.8) is 0 Å². The van der Waals surface area contributed by atoms with E-state index >= 15 is 0 Å². The van der Waals surface area contributed by atoms with Crippen LogP contribution in [0.5, 0.6) is 0 Å². The van der Waals surface area contributed by atoms with E-state index in [9.17, 15) is 0 Å². The first-order valence-corrected chi connectivity index (χ1v) is 12.6. The molecule has 0 heterocycles. The van der Waals surface area contributed by atoms with Crippen molar-refractivity contribution < 1.29 is 4.74 Å². The summed E-state index contributed by atoms with van der Waals surface area (Å²) >= 11 is 2.06. The van der Waals surface area contributed by atoms with Crippen LogP contribution < -0.4 is 0 Å². The standard InChI is InChI=1S/C23H46OS/c1-22(2)24-19-21-25-20-15-10-8-6-4-3-5-7-9-12-16-23-17-13-11-14-18-23/h22-23H,3-21H2,1-2H3. The molecule has 2 heteroatoms. The third-order valence-corrected chi connectivity index (χ3v) is 6.59. The first kappa shape index (κ1) is 23.3. The van der Waals surface area contributed by atoms with Gasteiger partial charge in [0.2, 0.25) is 0 Å². The molecule has 1 aliphatic carbocycles. The largest absolute Gasteiger partial charge is 0.378 e. The third-order valence-electron chi connectivity index (χ3n) is 5.55. The van der Waals surface area contributed by atoms with Crippen LogP contribution in [0.2, 0.25) is 0 Å². The molecule has 1 aliphatic rings. The average Bonchev–Trinajstić information content (AvgIpc) is 2.62. The molecule has 0 aliphatic heterocycles. The highest BCUT2D eigenvalue weighted by atomic mass is 32.2. The summed E-state index contributed by atoms with van der Waals surface area (Å²) in [6.07, 6.45) is 24.2. The molecule has 1 rings (SSSR count). The summed E-state index contributed by atoms with van der Waals surface area (Å²) in [5, 5.41) is 0. The molecule has 0 bridgehead atoms. The zero-order chi connectivity index (χ0) is 18.0. The van der Waals surface area contributed by atoms with Crippen LogP contribution in [-0.2, 0) is 4.74 Å². The Labute approximate surface area is 163 Å². The summed E-state index contributed by atoms with van der Waals surface area (Å²) < 4.78 is 5.56. The van der Waals surface area contributed by atoms with Gasteiger partial charge < -0.3 is 4.74 Å². The fourth-order valence-electron chi connectivity index (χ4n) is 3.97. The molecule has 0 saturated heterocycles. The zero-order valence-corrected chi connectivity index (χ0v) is 18.2. The molecule has 0 aromatic heterocycles. The predicted octanol–water partition coefficient (Wildman–Crippen LogP) is 8.02. The maximum Gasteiger partial charge on any atom is 0.0560 e. The second-order valence-corrected chi connectivity index (χ2v) is 9.58. The summed E-state index contributed by atoms with van der Waals surface area (Å²) in [6.45, 7) is 5.15. The van der Waals surface area contributed by atoms with Crippen LogP contribution in [0.15, 0.2) is 0 Å². The molecule has 1 fully saturated rings. The van der Waals surface area contributed by atoms with Crippen LogP contribution >= 0.6 is 11.8 Å². The quantitative estimate of drug-likeness (QED) is 0.240. The number of hydrogen-bond acceptors (Lipinski definition) is 2. The van der Waals surface area contributed by atoms with Crippen LogP contribution in [0, 0.1) is 5.92 Å². The molecular formula is C23H46OS. The van der Waals surface area contributed by atoms with E-state index in [0.29, 0.717) is 6.10 Å². The Hall–Kier alpha value is 0.310. The number of thioether (sulfide) groups is 1. The van der Waals surface area contributed by atoms with E-state index in [1.165, 1.54) is 114 Å². The van der Waals surface area contributed by atoms with Crippen LogP contribution in [-0.4, -0.2) is 24.2 Å². The van der Waals surface area contributed by atoms with Gasteiger partial charge in [-0.2, -0.15) is 11.8 Å². The Balaban J connectivity index is 1.66. The minimum atomic E-state index is 0.387. The molecule has 25 heavy (non-hydrogen) atoms. The van der Waals surface area contributed by atoms with Crippen molar-refractivity contribution in [3.8, 4) is 0 Å². The van der Waals surface area contributed by atoms with Crippen molar-refractivity contribution in [1.82, 2.24) is 0 Å². The SMILES string of the molecule is CC(C)OCCSCCCCCCCCCCCCC1CCCCC1. The van der Waals surface area contributed by atoms with Gasteiger partial charge in [-0.15, -0.1) is 0 Å². The second kappa shape index (κ2) is 17.7. The highest BCUT2D eigenvalue weighted by molar-refractivity contribution is 7.99. The van der Waals surface area contributed by atoms with E-state index in [4.69, 9.17) is 4.74 Å². The lowest BCUT2D eigenvalue weighted by Crippen LogP contribution is -2.05. The summed E-state index contributed by atoms with van der Waals surface area (Å²) in [4.78, 5) is 0. The molecule has 150 valence electrons. The number of unbranched alkanes of at least 4 members (excludes halogenated alkanes) is 9. The van der Waals surface area contributed by atoms with Crippen molar-refractivity contribution in [2.45, 2.75) is 123 Å². The molecule has 0 aromatic carbocycles. The summed E-state index contributed by atoms with van der Waals surface area (Å²) in [6, 6.07) is 0. The van der Waals surface area contributed by atoms with E-state index in [1.54, 1.807) is 0 Å². The van der Waals surface area contributed by atoms with E-state index in [2.05, 4.69) is 25.6 Å². The monoisotopic (exact) mass is 370 g/mol. The molecule has 0 unspecified atom stereocenters. The van der Waals surface area contributed by atoms with Crippen molar-refractivity contribution in [3.05, 3.63) is 0 Å². The molecule has 0 atom stereocenters. The van der Waals surface area contributed by atoms with Gasteiger partial charge in [0.1, 0.15) is 0 Å². The van der Waals surface area contributed by atoms with Gasteiger partial charge in [0.15, 0.2) is 0 Å². The van der Waals surface area contributed by atoms with Crippen molar-refractivity contribution in [2.75, 3.05) is 18.1 Å². The molecule has 0 N–H and O–H groups in total. The van der Waals surface area contributed by atoms with Crippen molar-refractivity contribution in [1.29, 1.82) is 0 Å². The lowest BCUT2D eigenvalue weighted by molar-refractivity contribution is 0.0920. The molecule has 0 radical (unpaired) electrons. The molecule has 1 saturated carbocycles. The van der Waals surface area contributed by atoms with Crippen LogP contribution in [0.3, 0.4) is 0 Å². The van der Waals surface area contributed by atoms with Gasteiger partial charge >= 0.3 is 0 Å². The van der Waals surface area contributed by atoms with Crippen molar-refractivity contribution >= 4 is 11.8 Å². The Morgan fingerprint density at radius 1 is 0.720 bits per heavy atom. The molecule has 0 aromatic rings. The highest BCUT2D eigenvalue weighted by Crippen LogP contribution is 2.28. The molecule has 1 nitrogen and oxygen atoms in total. The van der Waals surface area contributed by atoms with Gasteiger partial charge in [0, 0.05) is 5.75 Å². The second-order valence-electron chi connectivity index (χ2n) is 8.36. The fraction of sp³-hybridized carbons (Fsp3) is 1.00. The normalized spacial score (nSPS) is 16.0. The van der Waals surface area contributed by atoms with Crippen LogP contribution in [0.1, 0.15) is 117 Å². The fourth-order valence-corrected chi connectivity index (χ4v) is 4.80. The maximum atomic E-state index is 5.56. The van der Waals surface area contributed by atoms with E-state index < -0.39 is 0 Å². The number of rotatable bonds is 17. The molecular weight excluding hydrogens is 324 g/mol. The van der Waals surface area contributed by atoms with Crippen LogP contribution in [0.4, 0.5) is 0 Å². The van der Waals surface area contributed by atoms with E-state index in [1.807, 2.05) is 0 Å². The Bertz CT molecular complexity index is 261. The minimum absolute atomic E-state index is 0.387. The summed E-state index contributed by atoms with van der Waals surface area (Å²) in [5.41, 5.74) is 0. The number of hydrogen-bond donors (Lipinski definition) is 0. The summed E-state index contributed by atoms with van der Waals surface area (Å²) in [7, 11) is 0. The summed E-state index contributed by atoms with van der Waals surface area (Å²) in [5.74, 6) is 3.58. The van der Waals surface area contributed by atoms with E-state index in [0.717, 1.165) is 12.5 Å². The Kier molecular flexibility index (Phi) is 16.5. The highest BCUT2D eigenvalue weighted by Gasteiger charge is 2.12. The molecule has 0 amide bonds. The van der Waals surface area contributed by atoms with Gasteiger partial charge in [-0.25, -0.2) is 0 Å². The average molecular weight is 371 g/mol. The van der Waals surface area contributed by atoms with Gasteiger partial charge in [0.25, 0.3) is 0 Å². The lowest BCUT2D eigenvalue weighted by Gasteiger charge is -2.21. The van der Waals surface area contributed by atoms with Gasteiger partial charge in [-0.3, -0.25) is 0 Å². The topological polar surface area (TPSA) is 9.23 Å². The maximum absolute atomic E-state index is 5.56. The van der Waals surface area contributed by atoms with E-state index in [-0.39, 0.29) is 0 Å². The Morgan fingerprint density at radius 2 is 1.28 bits per heavy atom. The van der Waals surface area contributed by atoms with Crippen molar-refractivity contribution in [2.24, 2.45) is 5.92 Å². The first-order valence-electron chi connectivity index (χ1n) is 11.5. The minimum Gasteiger partial charge on any atom is -0.378 e. The van der Waals surface area contributed by atoms with Gasteiger partial charge in [-0.1, -0.05) is 96.3 Å². The smallest absolute Gasteiger partial charge is 0.0560 e. The number of ether oxygens (including phenoxy) is 1. The van der Waals surface area contributed by atoms with Gasteiger partial charge in [-0.05, 0) is 31.9 Å². The molecule has 0 spiro atoms. The lowest BCUT2D eigenvalue weighted by atomic mass is 9.85. The first-order chi connectivity index (χ1) is 12.3. The zero-order valence-electron chi connectivity index (χ0n) is 17.4. The third kappa shape index (κ3) is 16.2. The predicted molar refractivity (Wildman–Crippen MR) is 116 cm³/mol.